The van der Waals surface area contributed by atoms with Crippen molar-refractivity contribution < 1.29 is 22.8 Å². The molecule has 7 nitrogen and oxygen atoms in total. The zero-order chi connectivity index (χ0) is 14.0. The molecule has 0 unspecified atom stereocenters. The van der Waals surface area contributed by atoms with E-state index in [-0.39, 0.29) is 21.2 Å². The van der Waals surface area contributed by atoms with E-state index in [1.165, 1.54) is 12.1 Å². The average Bonchev–Trinajstić information content (AvgIpc) is 2.81. The lowest BCUT2D eigenvalue weighted by atomic mass is 10.2. The molecule has 0 aliphatic carbocycles. The maximum atomic E-state index is 12.0. The molecule has 2 aromatic rings. The van der Waals surface area contributed by atoms with Crippen molar-refractivity contribution in [2.24, 2.45) is 0 Å². The van der Waals surface area contributed by atoms with Crippen molar-refractivity contribution in [3.05, 3.63) is 41.2 Å². The molecular formula is C10H7ClN2O5S. The van der Waals surface area contributed by atoms with Gasteiger partial charge in [0.1, 0.15) is 16.8 Å². The van der Waals surface area contributed by atoms with E-state index in [1.54, 1.807) is 0 Å². The predicted octanol–water partition coefficient (Wildman–Crippen LogP) is 1.83. The Morgan fingerprint density at radius 1 is 1.42 bits per heavy atom. The van der Waals surface area contributed by atoms with E-state index >= 15 is 0 Å². The molecule has 0 saturated heterocycles. The van der Waals surface area contributed by atoms with E-state index in [4.69, 9.17) is 16.7 Å². The smallest absolute Gasteiger partial charge is 0.335 e. The van der Waals surface area contributed by atoms with Gasteiger partial charge in [-0.1, -0.05) is 16.8 Å². The Bertz CT molecular complexity index is 712. The minimum Gasteiger partial charge on any atom is -0.478 e. The van der Waals surface area contributed by atoms with Crippen molar-refractivity contribution >= 4 is 33.3 Å². The van der Waals surface area contributed by atoms with Gasteiger partial charge in [-0.25, -0.2) is 13.2 Å². The zero-order valence-corrected chi connectivity index (χ0v) is 10.8. The number of benzene rings is 1. The number of carbonyl (C=O) groups is 1. The zero-order valence-electron chi connectivity index (χ0n) is 9.20. The molecule has 0 radical (unpaired) electrons. The quantitative estimate of drug-likeness (QED) is 0.891. The number of hydrogen-bond donors (Lipinski definition) is 2. The first-order valence-corrected chi connectivity index (χ1v) is 6.71. The van der Waals surface area contributed by atoms with Gasteiger partial charge in [-0.2, -0.15) is 0 Å². The predicted molar refractivity (Wildman–Crippen MR) is 65.7 cm³/mol. The largest absolute Gasteiger partial charge is 0.478 e. The van der Waals surface area contributed by atoms with Gasteiger partial charge in [0.2, 0.25) is 0 Å². The van der Waals surface area contributed by atoms with E-state index in [9.17, 15) is 13.2 Å². The Morgan fingerprint density at radius 3 is 2.74 bits per heavy atom. The summed E-state index contributed by atoms with van der Waals surface area (Å²) in [6.45, 7) is 0. The SMILES string of the molecule is O=C(O)c1ccc(Cl)c(S(=O)(=O)Nc2cnoc2)c1. The Morgan fingerprint density at radius 2 is 2.16 bits per heavy atom. The fourth-order valence-corrected chi connectivity index (χ4v) is 2.86. The van der Waals surface area contributed by atoms with Crippen LogP contribution >= 0.6 is 11.6 Å². The van der Waals surface area contributed by atoms with Gasteiger partial charge in [0, 0.05) is 0 Å². The van der Waals surface area contributed by atoms with Crippen molar-refractivity contribution in [3.8, 4) is 0 Å². The number of carboxylic acids is 1. The van der Waals surface area contributed by atoms with Gasteiger partial charge < -0.3 is 9.63 Å². The van der Waals surface area contributed by atoms with Crippen LogP contribution in [0.25, 0.3) is 0 Å². The third kappa shape index (κ3) is 2.85. The number of hydrogen-bond acceptors (Lipinski definition) is 5. The molecule has 1 aromatic carbocycles. The standard InChI is InChI=1S/C10H7ClN2O5S/c11-8-2-1-6(10(14)15)3-9(8)19(16,17)13-7-4-12-18-5-7/h1-5,13H,(H,14,15). The summed E-state index contributed by atoms with van der Waals surface area (Å²) in [4.78, 5) is 10.5. The van der Waals surface area contributed by atoms with Crippen LogP contribution in [0.4, 0.5) is 5.69 Å². The number of aromatic carboxylic acids is 1. The fourth-order valence-electron chi connectivity index (χ4n) is 1.31. The molecule has 0 atom stereocenters. The average molecular weight is 303 g/mol. The molecule has 9 heteroatoms. The van der Waals surface area contributed by atoms with Gasteiger partial charge in [0.05, 0.1) is 16.8 Å². The highest BCUT2D eigenvalue weighted by molar-refractivity contribution is 7.92. The molecule has 0 bridgehead atoms. The molecule has 19 heavy (non-hydrogen) atoms. The highest BCUT2D eigenvalue weighted by Crippen LogP contribution is 2.24. The summed E-state index contributed by atoms with van der Waals surface area (Å²) in [5.41, 5.74) is -0.0770. The number of carboxylic acid groups (broad SMARTS) is 1. The lowest BCUT2D eigenvalue weighted by Crippen LogP contribution is -2.14. The highest BCUT2D eigenvalue weighted by Gasteiger charge is 2.20. The number of aromatic nitrogens is 1. The second-order valence-electron chi connectivity index (χ2n) is 3.47. The topological polar surface area (TPSA) is 110 Å². The first-order valence-electron chi connectivity index (χ1n) is 4.85. The lowest BCUT2D eigenvalue weighted by Gasteiger charge is -2.08. The van der Waals surface area contributed by atoms with E-state index in [2.05, 4.69) is 14.4 Å². The van der Waals surface area contributed by atoms with Crippen molar-refractivity contribution in [3.63, 3.8) is 0 Å². The molecule has 2 rings (SSSR count). The Labute approximate surface area is 112 Å². The molecule has 0 fully saturated rings. The van der Waals surface area contributed by atoms with Crippen LogP contribution in [-0.4, -0.2) is 24.7 Å². The molecular weight excluding hydrogens is 296 g/mol. The maximum Gasteiger partial charge on any atom is 0.335 e. The van der Waals surface area contributed by atoms with E-state index in [0.717, 1.165) is 18.5 Å². The summed E-state index contributed by atoms with van der Waals surface area (Å²) in [6.07, 6.45) is 2.25. The fraction of sp³-hybridized carbons (Fsp3) is 0. The summed E-state index contributed by atoms with van der Waals surface area (Å²) >= 11 is 5.77. The van der Waals surface area contributed by atoms with Crippen molar-refractivity contribution in [1.29, 1.82) is 0 Å². The minimum absolute atomic E-state index is 0.0889. The first kappa shape index (κ1) is 13.4. The molecule has 0 spiro atoms. The Hall–Kier alpha value is -2.06. The molecule has 2 N–H and O–H groups in total. The van der Waals surface area contributed by atoms with Crippen LogP contribution in [0.1, 0.15) is 10.4 Å². The summed E-state index contributed by atoms with van der Waals surface area (Å²) in [6, 6.07) is 3.39. The third-order valence-electron chi connectivity index (χ3n) is 2.15. The monoisotopic (exact) mass is 302 g/mol. The van der Waals surface area contributed by atoms with Crippen LogP contribution in [0.15, 0.2) is 40.1 Å². The normalized spacial score (nSPS) is 11.2. The van der Waals surface area contributed by atoms with Crippen LogP contribution in [0.2, 0.25) is 5.02 Å². The van der Waals surface area contributed by atoms with E-state index in [0.29, 0.717) is 0 Å². The van der Waals surface area contributed by atoms with Crippen molar-refractivity contribution in [1.82, 2.24) is 5.16 Å². The summed E-state index contributed by atoms with van der Waals surface area (Å²) in [7, 11) is -4.02. The van der Waals surface area contributed by atoms with E-state index < -0.39 is 16.0 Å². The minimum atomic E-state index is -4.02. The number of anilines is 1. The second kappa shape index (κ2) is 4.90. The van der Waals surface area contributed by atoms with Crippen molar-refractivity contribution in [2.45, 2.75) is 4.90 Å². The van der Waals surface area contributed by atoms with Gasteiger partial charge in [-0.15, -0.1) is 0 Å². The van der Waals surface area contributed by atoms with Crippen LogP contribution in [0.3, 0.4) is 0 Å². The van der Waals surface area contributed by atoms with Crippen LogP contribution < -0.4 is 4.72 Å². The lowest BCUT2D eigenvalue weighted by molar-refractivity contribution is 0.0696. The second-order valence-corrected chi connectivity index (χ2v) is 5.53. The number of rotatable bonds is 4. The van der Waals surface area contributed by atoms with Gasteiger partial charge in [0.15, 0.2) is 0 Å². The number of nitrogens with zero attached hydrogens (tertiary/aromatic N) is 1. The molecule has 1 heterocycles. The number of nitrogens with one attached hydrogen (secondary N) is 1. The molecule has 1 aromatic heterocycles. The van der Waals surface area contributed by atoms with Gasteiger partial charge in [0.25, 0.3) is 10.0 Å². The molecule has 0 aliphatic heterocycles. The van der Waals surface area contributed by atoms with E-state index in [1.807, 2.05) is 0 Å². The number of sulfonamides is 1. The molecule has 0 amide bonds. The van der Waals surface area contributed by atoms with Crippen LogP contribution in [0.5, 0.6) is 0 Å². The van der Waals surface area contributed by atoms with Crippen LogP contribution in [0, 0.1) is 0 Å². The summed E-state index contributed by atoms with van der Waals surface area (Å²) in [5.74, 6) is -1.25. The summed E-state index contributed by atoms with van der Waals surface area (Å²) in [5, 5.41) is 12.1. The molecule has 100 valence electrons. The molecule has 0 aliphatic rings. The Kier molecular flexibility index (Phi) is 3.45. The first-order chi connectivity index (χ1) is 8.90. The maximum absolute atomic E-state index is 12.0. The third-order valence-corrected chi connectivity index (χ3v) is 4.02. The highest BCUT2D eigenvalue weighted by atomic mass is 35.5. The van der Waals surface area contributed by atoms with Crippen molar-refractivity contribution in [2.75, 3.05) is 4.72 Å². The van der Waals surface area contributed by atoms with Crippen LogP contribution in [-0.2, 0) is 10.0 Å². The Balaban J connectivity index is 2.45. The summed E-state index contributed by atoms with van der Waals surface area (Å²) < 4.78 is 30.7. The van der Waals surface area contributed by atoms with Gasteiger partial charge in [-0.3, -0.25) is 4.72 Å². The number of halogens is 1. The van der Waals surface area contributed by atoms with Gasteiger partial charge in [-0.05, 0) is 18.2 Å². The molecule has 0 saturated carbocycles. The van der Waals surface area contributed by atoms with Gasteiger partial charge >= 0.3 is 5.97 Å².